The fourth-order valence-electron chi connectivity index (χ4n) is 3.03. The van der Waals surface area contributed by atoms with Crippen LogP contribution in [0.3, 0.4) is 0 Å². The number of rotatable bonds is 3. The number of ketones is 1. The molecule has 1 aromatic carbocycles. The lowest BCUT2D eigenvalue weighted by Gasteiger charge is -2.39. The van der Waals surface area contributed by atoms with Gasteiger partial charge in [-0.25, -0.2) is 4.79 Å². The van der Waals surface area contributed by atoms with Crippen molar-refractivity contribution in [1.29, 1.82) is 0 Å². The number of carbonyl (C=O) groups is 2. The van der Waals surface area contributed by atoms with Gasteiger partial charge in [-0.05, 0) is 19.1 Å². The molecular weight excluding hydrogens is 290 g/mol. The van der Waals surface area contributed by atoms with E-state index in [1.54, 1.807) is 24.3 Å². The van der Waals surface area contributed by atoms with Gasteiger partial charge >= 0.3 is 6.03 Å². The van der Waals surface area contributed by atoms with Crippen LogP contribution < -0.4 is 5.32 Å². The van der Waals surface area contributed by atoms with Gasteiger partial charge in [-0.15, -0.1) is 0 Å². The number of amides is 2. The smallest absolute Gasteiger partial charge is 0.317 e. The lowest BCUT2D eigenvalue weighted by atomic mass is 10.0. The van der Waals surface area contributed by atoms with Gasteiger partial charge < -0.3 is 10.2 Å². The van der Waals surface area contributed by atoms with E-state index in [1.165, 1.54) is 0 Å². The van der Waals surface area contributed by atoms with Gasteiger partial charge in [-0.3, -0.25) is 9.69 Å². The van der Waals surface area contributed by atoms with Crippen LogP contribution in [-0.4, -0.2) is 59.9 Å². The Hall–Kier alpha value is -1.59. The van der Waals surface area contributed by atoms with Gasteiger partial charge in [0.15, 0.2) is 5.78 Å². The summed E-state index contributed by atoms with van der Waals surface area (Å²) in [5, 5.41) is 3.42. The minimum atomic E-state index is -0.207. The maximum atomic E-state index is 12.6. The number of Topliss-reactive ketones (excluding diaryl/α,β-unsaturated/α-hetero) is 1. The molecule has 112 valence electrons. The second kappa shape index (κ2) is 5.66. The molecule has 1 aromatic rings. The Bertz CT molecular complexity index is 578. The Morgan fingerprint density at radius 3 is 3.00 bits per heavy atom. The first-order valence-electron chi connectivity index (χ1n) is 7.14. The van der Waals surface area contributed by atoms with Crippen molar-refractivity contribution in [3.05, 3.63) is 34.9 Å². The minimum Gasteiger partial charge on any atom is -0.336 e. The normalized spacial score (nSPS) is 23.6. The molecule has 2 unspecified atom stereocenters. The Morgan fingerprint density at radius 2 is 2.24 bits per heavy atom. The molecule has 0 aliphatic carbocycles. The molecule has 0 aromatic heterocycles. The zero-order valence-corrected chi connectivity index (χ0v) is 12.6. The summed E-state index contributed by atoms with van der Waals surface area (Å²) in [6, 6.07) is 7.02. The van der Waals surface area contributed by atoms with Gasteiger partial charge in [0, 0.05) is 36.8 Å². The van der Waals surface area contributed by atoms with Crippen molar-refractivity contribution in [2.75, 3.05) is 26.2 Å². The van der Waals surface area contributed by atoms with E-state index in [0.29, 0.717) is 23.7 Å². The van der Waals surface area contributed by atoms with Gasteiger partial charge in [0.1, 0.15) is 0 Å². The third-order valence-corrected chi connectivity index (χ3v) is 4.54. The van der Waals surface area contributed by atoms with Crippen LogP contribution in [0, 0.1) is 0 Å². The molecule has 1 N–H and O–H groups in total. The van der Waals surface area contributed by atoms with E-state index in [1.807, 2.05) is 11.8 Å². The van der Waals surface area contributed by atoms with Crippen LogP contribution in [0.4, 0.5) is 4.79 Å². The number of benzene rings is 1. The number of nitrogens with one attached hydrogen (secondary N) is 1. The van der Waals surface area contributed by atoms with Gasteiger partial charge in [0.2, 0.25) is 0 Å². The molecule has 0 spiro atoms. The molecule has 2 aliphatic heterocycles. The van der Waals surface area contributed by atoms with E-state index in [9.17, 15) is 9.59 Å². The highest BCUT2D eigenvalue weighted by atomic mass is 35.5. The highest BCUT2D eigenvalue weighted by molar-refractivity contribution is 6.31. The first-order chi connectivity index (χ1) is 10.1. The summed E-state index contributed by atoms with van der Waals surface area (Å²) in [6.45, 7) is 4.70. The molecule has 0 saturated carbocycles. The molecule has 2 aliphatic rings. The van der Waals surface area contributed by atoms with E-state index >= 15 is 0 Å². The SMILES string of the molecule is CC(C(=O)c1cccc(Cl)c1)N1CCN2C(=O)NCC2C1. The highest BCUT2D eigenvalue weighted by Gasteiger charge is 2.37. The van der Waals surface area contributed by atoms with Crippen molar-refractivity contribution in [1.82, 2.24) is 15.1 Å². The van der Waals surface area contributed by atoms with E-state index in [-0.39, 0.29) is 23.9 Å². The third kappa shape index (κ3) is 2.76. The van der Waals surface area contributed by atoms with Crippen LogP contribution in [0.1, 0.15) is 17.3 Å². The van der Waals surface area contributed by atoms with Crippen molar-refractivity contribution in [2.45, 2.75) is 19.0 Å². The molecule has 21 heavy (non-hydrogen) atoms. The van der Waals surface area contributed by atoms with Crippen LogP contribution in [-0.2, 0) is 0 Å². The number of hydrogen-bond acceptors (Lipinski definition) is 3. The molecule has 3 rings (SSSR count). The number of urea groups is 1. The fourth-order valence-corrected chi connectivity index (χ4v) is 3.22. The number of carbonyl (C=O) groups excluding carboxylic acids is 2. The van der Waals surface area contributed by atoms with Crippen LogP contribution in [0.15, 0.2) is 24.3 Å². The summed E-state index contributed by atoms with van der Waals surface area (Å²) in [5.41, 5.74) is 0.637. The van der Waals surface area contributed by atoms with E-state index < -0.39 is 0 Å². The molecule has 6 heteroatoms. The second-order valence-corrected chi connectivity index (χ2v) is 6.02. The molecule has 2 amide bonds. The van der Waals surface area contributed by atoms with Crippen molar-refractivity contribution in [3.63, 3.8) is 0 Å². The van der Waals surface area contributed by atoms with Crippen LogP contribution in [0.2, 0.25) is 5.02 Å². The fraction of sp³-hybridized carbons (Fsp3) is 0.467. The van der Waals surface area contributed by atoms with Crippen LogP contribution in [0.25, 0.3) is 0 Å². The predicted molar refractivity (Wildman–Crippen MR) is 80.7 cm³/mol. The number of hydrogen-bond donors (Lipinski definition) is 1. The lowest BCUT2D eigenvalue weighted by Crippen LogP contribution is -2.55. The molecule has 0 radical (unpaired) electrons. The topological polar surface area (TPSA) is 52.7 Å². The van der Waals surface area contributed by atoms with E-state index in [4.69, 9.17) is 11.6 Å². The van der Waals surface area contributed by atoms with Gasteiger partial charge in [-0.1, -0.05) is 23.7 Å². The summed E-state index contributed by atoms with van der Waals surface area (Å²) in [6.07, 6.45) is 0. The number of nitrogens with zero attached hydrogens (tertiary/aromatic N) is 2. The van der Waals surface area contributed by atoms with Crippen molar-refractivity contribution in [2.24, 2.45) is 0 Å². The second-order valence-electron chi connectivity index (χ2n) is 5.58. The number of piperazine rings is 1. The largest absolute Gasteiger partial charge is 0.336 e. The summed E-state index contributed by atoms with van der Waals surface area (Å²) < 4.78 is 0. The Kier molecular flexibility index (Phi) is 3.87. The standard InChI is InChI=1S/C15H18ClN3O2/c1-10(14(20)11-3-2-4-12(16)7-11)18-5-6-19-13(9-18)8-17-15(19)21/h2-4,7,10,13H,5-6,8-9H2,1H3,(H,17,21). The number of fused-ring (bicyclic) bond motifs is 1. The molecule has 5 nitrogen and oxygen atoms in total. The average molecular weight is 308 g/mol. The third-order valence-electron chi connectivity index (χ3n) is 4.30. The van der Waals surface area contributed by atoms with Crippen LogP contribution in [0.5, 0.6) is 0 Å². The highest BCUT2D eigenvalue weighted by Crippen LogP contribution is 2.19. The minimum absolute atomic E-state index is 0.00784. The predicted octanol–water partition coefficient (Wildman–Crippen LogP) is 1.62. The number of halogens is 1. The van der Waals surface area contributed by atoms with Crippen LogP contribution >= 0.6 is 11.6 Å². The maximum Gasteiger partial charge on any atom is 0.317 e. The summed E-state index contributed by atoms with van der Waals surface area (Å²) in [7, 11) is 0. The molecule has 2 heterocycles. The average Bonchev–Trinajstić information content (AvgIpc) is 2.86. The first kappa shape index (κ1) is 14.4. The molecule has 2 saturated heterocycles. The van der Waals surface area contributed by atoms with E-state index in [0.717, 1.165) is 13.1 Å². The van der Waals surface area contributed by atoms with Gasteiger partial charge in [-0.2, -0.15) is 0 Å². The Balaban J connectivity index is 1.69. The first-order valence-corrected chi connectivity index (χ1v) is 7.52. The van der Waals surface area contributed by atoms with Crippen molar-refractivity contribution in [3.8, 4) is 0 Å². The van der Waals surface area contributed by atoms with Crippen molar-refractivity contribution >= 4 is 23.4 Å². The van der Waals surface area contributed by atoms with Gasteiger partial charge in [0.25, 0.3) is 0 Å². The summed E-state index contributed by atoms with van der Waals surface area (Å²) in [4.78, 5) is 28.1. The molecule has 0 bridgehead atoms. The van der Waals surface area contributed by atoms with Gasteiger partial charge in [0.05, 0.1) is 12.1 Å². The van der Waals surface area contributed by atoms with E-state index in [2.05, 4.69) is 10.2 Å². The Labute approximate surface area is 128 Å². The molecule has 2 atom stereocenters. The monoisotopic (exact) mass is 307 g/mol. The summed E-state index contributed by atoms with van der Waals surface area (Å²) >= 11 is 5.95. The maximum absolute atomic E-state index is 12.6. The Morgan fingerprint density at radius 1 is 1.43 bits per heavy atom. The summed E-state index contributed by atoms with van der Waals surface area (Å²) in [5.74, 6) is 0.0724. The zero-order chi connectivity index (χ0) is 15.0. The molecular formula is C15H18ClN3O2. The quantitative estimate of drug-likeness (QED) is 0.863. The zero-order valence-electron chi connectivity index (χ0n) is 11.9. The lowest BCUT2D eigenvalue weighted by molar-refractivity contribution is 0.0677. The molecule has 2 fully saturated rings. The van der Waals surface area contributed by atoms with Crippen molar-refractivity contribution < 1.29 is 9.59 Å².